The molecule has 3 aromatic rings. The van der Waals surface area contributed by atoms with Crippen LogP contribution < -0.4 is 14.5 Å². The van der Waals surface area contributed by atoms with Gasteiger partial charge in [0.05, 0.1) is 36.9 Å². The molecule has 0 bridgehead atoms. The first kappa shape index (κ1) is 23.5. The van der Waals surface area contributed by atoms with Gasteiger partial charge in [0.1, 0.15) is 5.75 Å². The molecule has 0 aromatic heterocycles. The number of hydrazone groups is 1. The summed E-state index contributed by atoms with van der Waals surface area (Å²) in [6, 6.07) is 21.8. The van der Waals surface area contributed by atoms with E-state index in [2.05, 4.69) is 10.5 Å². The number of carbonyl (C=O) groups is 1. The molecule has 4 rings (SSSR count). The normalized spacial score (nSPS) is 14.4. The monoisotopic (exact) mass is 477 g/mol. The quantitative estimate of drug-likeness (QED) is 0.518. The molecular weight excluding hydrogens is 450 g/mol. The van der Waals surface area contributed by atoms with Crippen LogP contribution in [0.25, 0.3) is 0 Å². The van der Waals surface area contributed by atoms with Crippen molar-refractivity contribution in [1.29, 1.82) is 0 Å². The Morgan fingerprint density at radius 1 is 1.03 bits per heavy atom. The average Bonchev–Trinajstić information content (AvgIpc) is 2.85. The summed E-state index contributed by atoms with van der Waals surface area (Å²) < 4.78 is 31.9. The summed E-state index contributed by atoms with van der Waals surface area (Å²) in [5.74, 6) is 0.322. The summed E-state index contributed by atoms with van der Waals surface area (Å²) in [5, 5.41) is 4.41. The van der Waals surface area contributed by atoms with Crippen LogP contribution in [0, 0.1) is 0 Å². The van der Waals surface area contributed by atoms with Gasteiger partial charge in [0, 0.05) is 5.56 Å². The molecule has 0 saturated carbocycles. The first-order valence-electron chi connectivity index (χ1n) is 11.0. The number of nitrogens with one attached hydrogen (secondary N) is 1. The van der Waals surface area contributed by atoms with Crippen LogP contribution in [0.3, 0.4) is 0 Å². The standard InChI is InChI=1S/C26H27N3O4S/c1-33-21-15-16-22-20(17-21)11-8-13-24(22)27-28-26(30)23-12-6-7-14-25(23)29(34(2,31)32)18-19-9-4-3-5-10-19/h3-7,9-10,12,14-17H,8,11,13,18H2,1-2H3,(H,28,30)/b27-24+. The third kappa shape index (κ3) is 5.28. The second-order valence-corrected chi connectivity index (χ2v) is 10.1. The van der Waals surface area contributed by atoms with Crippen molar-refractivity contribution in [2.24, 2.45) is 5.10 Å². The van der Waals surface area contributed by atoms with Crippen molar-refractivity contribution in [3.05, 3.63) is 95.1 Å². The number of carbonyl (C=O) groups excluding carboxylic acids is 1. The van der Waals surface area contributed by atoms with Crippen LogP contribution in [0.15, 0.2) is 77.9 Å². The molecule has 0 fully saturated rings. The van der Waals surface area contributed by atoms with Crippen LogP contribution in [0.4, 0.5) is 5.69 Å². The summed E-state index contributed by atoms with van der Waals surface area (Å²) in [5.41, 5.74) is 6.91. The van der Waals surface area contributed by atoms with Gasteiger partial charge in [0.2, 0.25) is 10.0 Å². The highest BCUT2D eigenvalue weighted by atomic mass is 32.2. The smallest absolute Gasteiger partial charge is 0.273 e. The predicted molar refractivity (Wildman–Crippen MR) is 134 cm³/mol. The lowest BCUT2D eigenvalue weighted by atomic mass is 9.90. The van der Waals surface area contributed by atoms with E-state index < -0.39 is 15.9 Å². The first-order valence-corrected chi connectivity index (χ1v) is 12.9. The van der Waals surface area contributed by atoms with Crippen LogP contribution >= 0.6 is 0 Å². The summed E-state index contributed by atoms with van der Waals surface area (Å²) >= 11 is 0. The van der Waals surface area contributed by atoms with Crippen molar-refractivity contribution in [2.45, 2.75) is 25.8 Å². The molecule has 0 heterocycles. The highest BCUT2D eigenvalue weighted by Crippen LogP contribution is 2.27. The predicted octanol–water partition coefficient (Wildman–Crippen LogP) is 4.13. The van der Waals surface area contributed by atoms with Gasteiger partial charge >= 0.3 is 0 Å². The Morgan fingerprint density at radius 2 is 1.76 bits per heavy atom. The van der Waals surface area contributed by atoms with Crippen LogP contribution in [0.5, 0.6) is 5.75 Å². The fourth-order valence-electron chi connectivity index (χ4n) is 4.07. The molecule has 1 aliphatic rings. The number of hydrogen-bond acceptors (Lipinski definition) is 5. The Balaban J connectivity index is 1.62. The Morgan fingerprint density at radius 3 is 2.50 bits per heavy atom. The Hall–Kier alpha value is -3.65. The second-order valence-electron chi connectivity index (χ2n) is 8.15. The molecule has 0 unspecified atom stereocenters. The zero-order chi connectivity index (χ0) is 24.1. The van der Waals surface area contributed by atoms with Gasteiger partial charge in [0.25, 0.3) is 5.91 Å². The van der Waals surface area contributed by atoms with Gasteiger partial charge in [-0.05, 0) is 60.7 Å². The highest BCUT2D eigenvalue weighted by molar-refractivity contribution is 7.92. The number of amides is 1. The Kier molecular flexibility index (Phi) is 6.98. The summed E-state index contributed by atoms with van der Waals surface area (Å²) in [7, 11) is -2.01. The number of nitrogens with zero attached hydrogens (tertiary/aromatic N) is 2. The van der Waals surface area contributed by atoms with E-state index in [0.717, 1.165) is 53.7 Å². The number of benzene rings is 3. The van der Waals surface area contributed by atoms with Crippen LogP contribution in [-0.2, 0) is 23.0 Å². The average molecular weight is 478 g/mol. The number of para-hydroxylation sites is 1. The highest BCUT2D eigenvalue weighted by Gasteiger charge is 2.24. The minimum Gasteiger partial charge on any atom is -0.497 e. The molecule has 1 N–H and O–H groups in total. The lowest BCUT2D eigenvalue weighted by Crippen LogP contribution is -2.32. The zero-order valence-corrected chi connectivity index (χ0v) is 20.0. The van der Waals surface area contributed by atoms with Crippen molar-refractivity contribution in [2.75, 3.05) is 17.7 Å². The topological polar surface area (TPSA) is 88.1 Å². The fraction of sp³-hybridized carbons (Fsp3) is 0.231. The maximum absolute atomic E-state index is 13.1. The second kappa shape index (κ2) is 10.1. The largest absolute Gasteiger partial charge is 0.497 e. The summed E-state index contributed by atoms with van der Waals surface area (Å²) in [6.07, 6.45) is 3.72. The van der Waals surface area contributed by atoms with Crippen LogP contribution in [0.1, 0.15) is 39.9 Å². The summed E-state index contributed by atoms with van der Waals surface area (Å²) in [4.78, 5) is 13.1. The molecule has 34 heavy (non-hydrogen) atoms. The Labute approximate surface area is 200 Å². The van der Waals surface area contributed by atoms with Gasteiger partial charge in [0.15, 0.2) is 0 Å². The van der Waals surface area contributed by atoms with Gasteiger partial charge in [-0.3, -0.25) is 9.10 Å². The summed E-state index contributed by atoms with van der Waals surface area (Å²) in [6.45, 7) is 0.119. The lowest BCUT2D eigenvalue weighted by molar-refractivity contribution is 0.0955. The molecule has 3 aromatic carbocycles. The SMILES string of the molecule is COc1ccc2c(c1)CCC/C2=N\NC(=O)c1ccccc1N(Cc1ccccc1)S(C)(=O)=O. The number of anilines is 1. The van der Waals surface area contributed by atoms with E-state index in [9.17, 15) is 13.2 Å². The molecule has 0 atom stereocenters. The van der Waals surface area contributed by atoms with Gasteiger partial charge in [-0.15, -0.1) is 0 Å². The van der Waals surface area contributed by atoms with E-state index in [0.29, 0.717) is 5.69 Å². The van der Waals surface area contributed by atoms with Crippen molar-refractivity contribution in [3.63, 3.8) is 0 Å². The maximum Gasteiger partial charge on any atom is 0.273 e. The van der Waals surface area contributed by atoms with E-state index in [1.54, 1.807) is 31.4 Å². The number of hydrogen-bond donors (Lipinski definition) is 1. The maximum atomic E-state index is 13.1. The van der Waals surface area contributed by atoms with E-state index in [-0.39, 0.29) is 12.1 Å². The molecule has 0 saturated heterocycles. The third-order valence-electron chi connectivity index (χ3n) is 5.76. The number of rotatable bonds is 7. The van der Waals surface area contributed by atoms with Gasteiger partial charge in [-0.2, -0.15) is 5.10 Å². The number of fused-ring (bicyclic) bond motifs is 1. The molecular formula is C26H27N3O4S. The van der Waals surface area contributed by atoms with Crippen molar-refractivity contribution >= 4 is 27.3 Å². The third-order valence-corrected chi connectivity index (χ3v) is 6.89. The van der Waals surface area contributed by atoms with Crippen LogP contribution in [-0.4, -0.2) is 33.4 Å². The number of sulfonamides is 1. The van der Waals surface area contributed by atoms with Crippen LogP contribution in [0.2, 0.25) is 0 Å². The molecule has 0 spiro atoms. The number of ether oxygens (including phenoxy) is 1. The Bertz CT molecular complexity index is 1320. The van der Waals surface area contributed by atoms with Crippen molar-refractivity contribution < 1.29 is 17.9 Å². The fourth-order valence-corrected chi connectivity index (χ4v) is 4.97. The molecule has 0 radical (unpaired) electrons. The minimum atomic E-state index is -3.65. The lowest BCUT2D eigenvalue weighted by Gasteiger charge is -2.24. The van der Waals surface area contributed by atoms with Gasteiger partial charge < -0.3 is 4.74 Å². The number of methoxy groups -OCH3 is 1. The molecule has 7 nitrogen and oxygen atoms in total. The molecule has 1 amide bonds. The molecule has 176 valence electrons. The van der Waals surface area contributed by atoms with Gasteiger partial charge in [-0.1, -0.05) is 42.5 Å². The van der Waals surface area contributed by atoms with E-state index >= 15 is 0 Å². The van der Waals surface area contributed by atoms with E-state index in [1.807, 2.05) is 48.5 Å². The van der Waals surface area contributed by atoms with Gasteiger partial charge in [-0.25, -0.2) is 13.8 Å². The number of aryl methyl sites for hydroxylation is 1. The van der Waals surface area contributed by atoms with E-state index in [1.165, 1.54) is 4.31 Å². The van der Waals surface area contributed by atoms with E-state index in [4.69, 9.17) is 4.74 Å². The molecule has 1 aliphatic carbocycles. The van der Waals surface area contributed by atoms with Crippen molar-refractivity contribution in [3.8, 4) is 5.75 Å². The van der Waals surface area contributed by atoms with Crippen molar-refractivity contribution in [1.82, 2.24) is 5.43 Å². The first-order chi connectivity index (χ1) is 16.4. The molecule has 8 heteroatoms. The minimum absolute atomic E-state index is 0.119. The zero-order valence-electron chi connectivity index (χ0n) is 19.2. The molecule has 0 aliphatic heterocycles.